The Morgan fingerprint density at radius 3 is 3.08 bits per heavy atom. The van der Waals surface area contributed by atoms with E-state index in [-0.39, 0.29) is 5.12 Å². The molecule has 4 heteroatoms. The summed E-state index contributed by atoms with van der Waals surface area (Å²) in [6.07, 6.45) is 1.02. The maximum absolute atomic E-state index is 11.1. The van der Waals surface area contributed by atoms with Crippen LogP contribution in [0.25, 0.3) is 0 Å². The number of hydrogen-bond donors (Lipinski definition) is 0. The van der Waals surface area contributed by atoms with Crippen molar-refractivity contribution in [3.05, 3.63) is 22.5 Å². The van der Waals surface area contributed by atoms with Crippen LogP contribution in [0.3, 0.4) is 0 Å². The quantitative estimate of drug-likeness (QED) is 0.690. The molecule has 0 N–H and O–H groups in total. The Labute approximate surface area is 91.8 Å². The molecule has 0 aromatic rings. The van der Waals surface area contributed by atoms with Crippen molar-refractivity contribution in [3.8, 4) is 0 Å². The molecule has 0 aromatic carbocycles. The van der Waals surface area contributed by atoms with Gasteiger partial charge in [0.1, 0.15) is 0 Å². The van der Waals surface area contributed by atoms with Crippen LogP contribution < -0.4 is 0 Å². The van der Waals surface area contributed by atoms with Gasteiger partial charge >= 0.3 is 0 Å². The van der Waals surface area contributed by atoms with Gasteiger partial charge in [0.05, 0.1) is 0 Å². The largest absolute Gasteiger partial charge is 0.282 e. The smallest absolute Gasteiger partial charge is 0.214 e. The second-order valence-corrected chi connectivity index (χ2v) is 6.07. The lowest BCUT2D eigenvalue weighted by Crippen LogP contribution is -1.93. The highest BCUT2D eigenvalue weighted by Crippen LogP contribution is 2.34. The molecule has 0 aromatic heterocycles. The molecular formula is C9H12OS3. The van der Waals surface area contributed by atoms with Crippen molar-refractivity contribution in [1.29, 1.82) is 0 Å². The lowest BCUT2D eigenvalue weighted by Gasteiger charge is -1.99. The van der Waals surface area contributed by atoms with E-state index in [0.29, 0.717) is 5.57 Å². The molecule has 0 amide bonds. The molecule has 0 radical (unpaired) electrons. The molecule has 1 aliphatic rings. The normalized spacial score (nSPS) is 15.6. The van der Waals surface area contributed by atoms with Crippen molar-refractivity contribution in [2.24, 2.45) is 0 Å². The molecule has 0 aliphatic carbocycles. The zero-order chi connectivity index (χ0) is 9.68. The first-order chi connectivity index (χ1) is 6.20. The van der Waals surface area contributed by atoms with Gasteiger partial charge in [0.2, 0.25) is 5.12 Å². The molecule has 0 saturated heterocycles. The van der Waals surface area contributed by atoms with Gasteiger partial charge in [0.15, 0.2) is 0 Å². The summed E-state index contributed by atoms with van der Waals surface area (Å²) < 4.78 is 0. The van der Waals surface area contributed by atoms with Crippen LogP contribution in [-0.2, 0) is 4.79 Å². The zero-order valence-corrected chi connectivity index (χ0v) is 9.99. The van der Waals surface area contributed by atoms with Gasteiger partial charge in [-0.1, -0.05) is 18.3 Å². The molecule has 0 saturated carbocycles. The van der Waals surface area contributed by atoms with Gasteiger partial charge in [0.25, 0.3) is 0 Å². The fraction of sp³-hybridized carbons (Fsp3) is 0.444. The van der Waals surface area contributed by atoms with Crippen molar-refractivity contribution in [3.63, 3.8) is 0 Å². The topological polar surface area (TPSA) is 17.1 Å². The molecule has 1 nitrogen and oxygen atoms in total. The summed E-state index contributed by atoms with van der Waals surface area (Å²) in [5.41, 5.74) is 0.646. The van der Waals surface area contributed by atoms with E-state index in [1.807, 2.05) is 23.5 Å². The summed E-state index contributed by atoms with van der Waals surface area (Å²) >= 11 is 5.09. The molecule has 13 heavy (non-hydrogen) atoms. The van der Waals surface area contributed by atoms with Gasteiger partial charge in [-0.3, -0.25) is 4.79 Å². The molecule has 0 bridgehead atoms. The van der Waals surface area contributed by atoms with Crippen molar-refractivity contribution in [1.82, 2.24) is 0 Å². The van der Waals surface area contributed by atoms with E-state index in [1.165, 1.54) is 16.7 Å². The molecule has 0 unspecified atom stereocenters. The Morgan fingerprint density at radius 1 is 1.77 bits per heavy atom. The summed E-state index contributed by atoms with van der Waals surface area (Å²) in [7, 11) is 0. The minimum atomic E-state index is 0.122. The van der Waals surface area contributed by atoms with Crippen molar-refractivity contribution < 1.29 is 4.79 Å². The maximum Gasteiger partial charge on any atom is 0.214 e. The molecular weight excluding hydrogens is 220 g/mol. The summed E-state index contributed by atoms with van der Waals surface area (Å²) in [5.74, 6) is 0.880. The zero-order valence-electron chi connectivity index (χ0n) is 7.54. The van der Waals surface area contributed by atoms with Gasteiger partial charge in [0, 0.05) is 10.8 Å². The van der Waals surface area contributed by atoms with Crippen LogP contribution in [0.15, 0.2) is 22.5 Å². The number of allylic oxidation sites excluding steroid dienone is 1. The monoisotopic (exact) mass is 232 g/mol. The van der Waals surface area contributed by atoms with E-state index in [1.54, 1.807) is 6.92 Å². The lowest BCUT2D eigenvalue weighted by molar-refractivity contribution is -0.107. The van der Waals surface area contributed by atoms with Crippen LogP contribution in [0.4, 0.5) is 0 Å². The van der Waals surface area contributed by atoms with Crippen molar-refractivity contribution in [2.75, 3.05) is 10.8 Å². The third kappa shape index (κ3) is 4.29. The summed E-state index contributed by atoms with van der Waals surface area (Å²) in [4.78, 5) is 12.6. The van der Waals surface area contributed by atoms with E-state index < -0.39 is 0 Å². The first kappa shape index (κ1) is 11.3. The van der Waals surface area contributed by atoms with Gasteiger partial charge < -0.3 is 0 Å². The molecule has 1 heterocycles. The lowest BCUT2D eigenvalue weighted by atomic mass is 10.4. The molecule has 0 spiro atoms. The standard InChI is InChI=1S/C9H12OS3/c1-7(2)9(10)12-4-3-8-5-11-6-13-8/h5H,1,3-4,6H2,2H3. The summed E-state index contributed by atoms with van der Waals surface area (Å²) in [6, 6.07) is 0. The second kappa shape index (κ2) is 5.83. The van der Waals surface area contributed by atoms with E-state index in [0.717, 1.165) is 17.3 Å². The molecule has 1 aliphatic heterocycles. The van der Waals surface area contributed by atoms with Crippen LogP contribution in [0.1, 0.15) is 13.3 Å². The predicted molar refractivity (Wildman–Crippen MR) is 65.0 cm³/mol. The van der Waals surface area contributed by atoms with Gasteiger partial charge in [-0.15, -0.1) is 23.5 Å². The van der Waals surface area contributed by atoms with Gasteiger partial charge in [-0.2, -0.15) is 0 Å². The molecule has 72 valence electrons. The van der Waals surface area contributed by atoms with Crippen LogP contribution in [-0.4, -0.2) is 16.0 Å². The fourth-order valence-corrected chi connectivity index (χ4v) is 3.83. The Kier molecular flexibility index (Phi) is 5.06. The minimum Gasteiger partial charge on any atom is -0.282 e. The molecule has 1 rings (SSSR count). The van der Waals surface area contributed by atoms with Crippen LogP contribution >= 0.6 is 35.3 Å². The van der Waals surface area contributed by atoms with Crippen molar-refractivity contribution in [2.45, 2.75) is 13.3 Å². The first-order valence-electron chi connectivity index (χ1n) is 3.96. The number of carbonyl (C=O) groups excluding carboxylic acids is 1. The summed E-state index contributed by atoms with van der Waals surface area (Å²) in [5, 5.41) is 3.45. The van der Waals surface area contributed by atoms with E-state index >= 15 is 0 Å². The highest BCUT2D eigenvalue weighted by Gasteiger charge is 2.07. The highest BCUT2D eigenvalue weighted by atomic mass is 32.2. The summed E-state index contributed by atoms with van der Waals surface area (Å²) in [6.45, 7) is 5.37. The third-order valence-corrected chi connectivity index (χ3v) is 4.79. The average molecular weight is 232 g/mol. The van der Waals surface area contributed by atoms with Crippen LogP contribution in [0.2, 0.25) is 0 Å². The van der Waals surface area contributed by atoms with Gasteiger partial charge in [-0.25, -0.2) is 0 Å². The van der Waals surface area contributed by atoms with E-state index in [2.05, 4.69) is 12.0 Å². The molecule has 0 atom stereocenters. The highest BCUT2D eigenvalue weighted by molar-refractivity contribution is 8.22. The fourth-order valence-electron chi connectivity index (χ4n) is 0.769. The first-order valence-corrected chi connectivity index (χ1v) is 6.98. The number of thioether (sulfide) groups is 3. The third-order valence-electron chi connectivity index (χ3n) is 1.46. The Hall–Kier alpha value is 0.200. The predicted octanol–water partition coefficient (Wildman–Crippen LogP) is 3.49. The Balaban J connectivity index is 2.13. The average Bonchev–Trinajstić information content (AvgIpc) is 2.56. The van der Waals surface area contributed by atoms with E-state index in [4.69, 9.17) is 0 Å². The van der Waals surface area contributed by atoms with Crippen molar-refractivity contribution >= 4 is 40.4 Å². The Morgan fingerprint density at radius 2 is 2.54 bits per heavy atom. The Bertz CT molecular complexity index is 243. The number of carbonyl (C=O) groups is 1. The van der Waals surface area contributed by atoms with Crippen LogP contribution in [0.5, 0.6) is 0 Å². The van der Waals surface area contributed by atoms with Crippen LogP contribution in [0, 0.1) is 0 Å². The minimum absolute atomic E-state index is 0.122. The maximum atomic E-state index is 11.1. The van der Waals surface area contributed by atoms with E-state index in [9.17, 15) is 4.79 Å². The molecule has 0 fully saturated rings. The second-order valence-electron chi connectivity index (χ2n) is 2.68. The SMILES string of the molecule is C=C(C)C(=O)SCCC1=CSCS1. The number of hydrogen-bond acceptors (Lipinski definition) is 4. The van der Waals surface area contributed by atoms with Gasteiger partial charge in [-0.05, 0) is 29.2 Å². The number of rotatable bonds is 4.